The summed E-state index contributed by atoms with van der Waals surface area (Å²) in [5.41, 5.74) is 3.12. The standard InChI is InChI=1S/C14H16N2O2/c1-2-10-3-5-11(6-4-10)7-13-15-9-12(16-13)8-14(17)18/h3-6,9H,2,7-8H2,1H3,(H,15,16)(H,17,18). The van der Waals surface area contributed by atoms with Crippen molar-refractivity contribution in [2.75, 3.05) is 0 Å². The van der Waals surface area contributed by atoms with E-state index in [4.69, 9.17) is 5.11 Å². The van der Waals surface area contributed by atoms with Crippen molar-refractivity contribution in [1.82, 2.24) is 9.97 Å². The van der Waals surface area contributed by atoms with Gasteiger partial charge in [-0.05, 0) is 17.5 Å². The lowest BCUT2D eigenvalue weighted by Crippen LogP contribution is -2.00. The fourth-order valence-electron chi connectivity index (χ4n) is 1.83. The number of aromatic nitrogens is 2. The number of hydrogen-bond donors (Lipinski definition) is 2. The largest absolute Gasteiger partial charge is 0.481 e. The van der Waals surface area contributed by atoms with Crippen molar-refractivity contribution >= 4 is 5.97 Å². The molecular weight excluding hydrogens is 228 g/mol. The normalized spacial score (nSPS) is 10.5. The van der Waals surface area contributed by atoms with Gasteiger partial charge in [0, 0.05) is 18.3 Å². The summed E-state index contributed by atoms with van der Waals surface area (Å²) in [5.74, 6) is -0.0482. The first-order valence-electron chi connectivity index (χ1n) is 5.99. The van der Waals surface area contributed by atoms with E-state index in [2.05, 4.69) is 41.2 Å². The predicted octanol–water partition coefficient (Wildman–Crippen LogP) is 2.19. The number of hydrogen-bond acceptors (Lipinski definition) is 2. The van der Waals surface area contributed by atoms with Crippen molar-refractivity contribution in [3.63, 3.8) is 0 Å². The van der Waals surface area contributed by atoms with Crippen LogP contribution in [0.1, 0.15) is 29.6 Å². The van der Waals surface area contributed by atoms with Gasteiger partial charge in [-0.2, -0.15) is 0 Å². The Kier molecular flexibility index (Phi) is 3.77. The van der Waals surface area contributed by atoms with E-state index in [9.17, 15) is 4.79 Å². The number of nitrogens with one attached hydrogen (secondary N) is 1. The van der Waals surface area contributed by atoms with Gasteiger partial charge in [0.1, 0.15) is 5.82 Å². The predicted molar refractivity (Wildman–Crippen MR) is 68.6 cm³/mol. The van der Waals surface area contributed by atoms with Crippen LogP contribution in [0.4, 0.5) is 0 Å². The van der Waals surface area contributed by atoms with Crippen LogP contribution in [0.3, 0.4) is 0 Å². The molecule has 4 nitrogen and oxygen atoms in total. The monoisotopic (exact) mass is 244 g/mol. The van der Waals surface area contributed by atoms with Gasteiger partial charge in [0.15, 0.2) is 0 Å². The molecule has 1 aromatic heterocycles. The highest BCUT2D eigenvalue weighted by Crippen LogP contribution is 2.09. The highest BCUT2D eigenvalue weighted by atomic mass is 16.4. The van der Waals surface area contributed by atoms with E-state index >= 15 is 0 Å². The summed E-state index contributed by atoms with van der Waals surface area (Å²) in [6.07, 6.45) is 3.30. The van der Waals surface area contributed by atoms with Gasteiger partial charge in [-0.3, -0.25) is 4.79 Å². The average molecular weight is 244 g/mol. The van der Waals surface area contributed by atoms with Crippen LogP contribution in [0.5, 0.6) is 0 Å². The van der Waals surface area contributed by atoms with E-state index in [0.29, 0.717) is 12.1 Å². The summed E-state index contributed by atoms with van der Waals surface area (Å²) in [6.45, 7) is 2.12. The Balaban J connectivity index is 2.03. The molecule has 0 saturated carbocycles. The van der Waals surface area contributed by atoms with Crippen molar-refractivity contribution in [3.8, 4) is 0 Å². The molecule has 0 fully saturated rings. The number of rotatable bonds is 5. The van der Waals surface area contributed by atoms with Crippen molar-refractivity contribution in [1.29, 1.82) is 0 Å². The Morgan fingerprint density at radius 3 is 2.56 bits per heavy atom. The molecular formula is C14H16N2O2. The second-order valence-corrected chi connectivity index (χ2v) is 4.27. The van der Waals surface area contributed by atoms with E-state index in [1.807, 2.05) is 0 Å². The number of carboxylic acids is 1. The molecule has 4 heteroatoms. The summed E-state index contributed by atoms with van der Waals surface area (Å²) >= 11 is 0. The third kappa shape index (κ3) is 3.20. The summed E-state index contributed by atoms with van der Waals surface area (Å²) < 4.78 is 0. The van der Waals surface area contributed by atoms with Crippen LogP contribution in [0.15, 0.2) is 30.5 Å². The summed E-state index contributed by atoms with van der Waals surface area (Å²) in [7, 11) is 0. The van der Waals surface area contributed by atoms with Crippen molar-refractivity contribution in [2.45, 2.75) is 26.2 Å². The zero-order valence-corrected chi connectivity index (χ0v) is 10.3. The van der Waals surface area contributed by atoms with Crippen LogP contribution in [0.2, 0.25) is 0 Å². The zero-order valence-electron chi connectivity index (χ0n) is 10.3. The van der Waals surface area contributed by atoms with Crippen molar-refractivity contribution in [3.05, 3.63) is 53.1 Å². The van der Waals surface area contributed by atoms with Gasteiger partial charge in [0.05, 0.1) is 6.42 Å². The Labute approximate surface area is 106 Å². The zero-order chi connectivity index (χ0) is 13.0. The van der Waals surface area contributed by atoms with E-state index in [-0.39, 0.29) is 6.42 Å². The molecule has 0 bridgehead atoms. The second-order valence-electron chi connectivity index (χ2n) is 4.27. The summed E-state index contributed by atoms with van der Waals surface area (Å²) in [6, 6.07) is 8.38. The molecule has 0 amide bonds. The fourth-order valence-corrected chi connectivity index (χ4v) is 1.83. The minimum Gasteiger partial charge on any atom is -0.481 e. The topological polar surface area (TPSA) is 66.0 Å². The van der Waals surface area contributed by atoms with Crippen LogP contribution in [0, 0.1) is 0 Å². The quantitative estimate of drug-likeness (QED) is 0.847. The average Bonchev–Trinajstić information content (AvgIpc) is 2.76. The van der Waals surface area contributed by atoms with E-state index in [1.54, 1.807) is 6.20 Å². The molecule has 1 heterocycles. The molecule has 0 aliphatic rings. The number of aliphatic carboxylic acids is 1. The Morgan fingerprint density at radius 1 is 1.28 bits per heavy atom. The van der Waals surface area contributed by atoms with Gasteiger partial charge in [-0.15, -0.1) is 0 Å². The number of nitrogens with zero attached hydrogens (tertiary/aromatic N) is 1. The molecule has 2 rings (SSSR count). The molecule has 0 saturated heterocycles. The maximum Gasteiger partial charge on any atom is 0.309 e. The molecule has 94 valence electrons. The van der Waals surface area contributed by atoms with Crippen LogP contribution in [-0.4, -0.2) is 21.0 Å². The lowest BCUT2D eigenvalue weighted by Gasteiger charge is -2.00. The lowest BCUT2D eigenvalue weighted by atomic mass is 10.1. The minimum absolute atomic E-state index is 0.0121. The molecule has 0 spiro atoms. The van der Waals surface area contributed by atoms with Crippen molar-refractivity contribution in [2.24, 2.45) is 0 Å². The third-order valence-corrected chi connectivity index (χ3v) is 2.83. The van der Waals surface area contributed by atoms with Gasteiger partial charge in [-0.25, -0.2) is 4.98 Å². The molecule has 0 aliphatic carbocycles. The van der Waals surface area contributed by atoms with E-state index < -0.39 is 5.97 Å². The Morgan fingerprint density at radius 2 is 1.94 bits per heavy atom. The maximum atomic E-state index is 10.6. The van der Waals surface area contributed by atoms with Crippen molar-refractivity contribution < 1.29 is 9.90 Å². The first-order valence-corrected chi connectivity index (χ1v) is 5.99. The number of aryl methyl sites for hydroxylation is 1. The Bertz CT molecular complexity index is 529. The van der Waals surface area contributed by atoms with Gasteiger partial charge in [0.2, 0.25) is 0 Å². The highest BCUT2D eigenvalue weighted by molar-refractivity contribution is 5.69. The van der Waals surface area contributed by atoms with Gasteiger partial charge >= 0.3 is 5.97 Å². The molecule has 0 aliphatic heterocycles. The number of imidazole rings is 1. The number of benzene rings is 1. The number of carboxylic acid groups (broad SMARTS) is 1. The van der Waals surface area contributed by atoms with Crippen LogP contribution in [-0.2, 0) is 24.1 Å². The number of H-pyrrole nitrogens is 1. The fraction of sp³-hybridized carbons (Fsp3) is 0.286. The molecule has 1 aromatic carbocycles. The first kappa shape index (κ1) is 12.4. The third-order valence-electron chi connectivity index (χ3n) is 2.83. The molecule has 18 heavy (non-hydrogen) atoms. The van der Waals surface area contributed by atoms with Crippen LogP contribution < -0.4 is 0 Å². The lowest BCUT2D eigenvalue weighted by molar-refractivity contribution is -0.136. The smallest absolute Gasteiger partial charge is 0.309 e. The molecule has 0 atom stereocenters. The van der Waals surface area contributed by atoms with E-state index in [0.717, 1.165) is 12.2 Å². The minimum atomic E-state index is -0.850. The Hall–Kier alpha value is -2.10. The first-order chi connectivity index (χ1) is 8.67. The molecule has 2 aromatic rings. The van der Waals surface area contributed by atoms with Gasteiger partial charge in [0.25, 0.3) is 0 Å². The summed E-state index contributed by atoms with van der Waals surface area (Å²) in [5, 5.41) is 8.68. The number of carbonyl (C=O) groups is 1. The molecule has 0 unspecified atom stereocenters. The molecule has 0 radical (unpaired) electrons. The van der Waals surface area contributed by atoms with Gasteiger partial charge < -0.3 is 10.1 Å². The highest BCUT2D eigenvalue weighted by Gasteiger charge is 2.05. The van der Waals surface area contributed by atoms with E-state index in [1.165, 1.54) is 11.1 Å². The van der Waals surface area contributed by atoms with Gasteiger partial charge in [-0.1, -0.05) is 31.2 Å². The second kappa shape index (κ2) is 5.49. The molecule has 2 N–H and O–H groups in total. The number of aromatic amines is 1. The van der Waals surface area contributed by atoms with Crippen LogP contribution in [0.25, 0.3) is 0 Å². The SMILES string of the molecule is CCc1ccc(Cc2ncc(CC(=O)O)[nH]2)cc1. The van der Waals surface area contributed by atoms with Crippen LogP contribution >= 0.6 is 0 Å². The summed E-state index contributed by atoms with van der Waals surface area (Å²) in [4.78, 5) is 17.8. The maximum absolute atomic E-state index is 10.6.